The number of anilines is 1. The zero-order chi connectivity index (χ0) is 27.4. The van der Waals surface area contributed by atoms with Crippen molar-refractivity contribution in [2.45, 2.75) is 52.9 Å². The van der Waals surface area contributed by atoms with Crippen molar-refractivity contribution >= 4 is 11.6 Å². The number of carbonyl (C=O) groups excluding carboxylic acids is 1. The van der Waals surface area contributed by atoms with Gasteiger partial charge in [-0.1, -0.05) is 39.8 Å². The number of hydrogen-bond donors (Lipinski definition) is 1. The molecule has 7 heteroatoms. The van der Waals surface area contributed by atoms with Crippen molar-refractivity contribution in [3.05, 3.63) is 89.5 Å². The summed E-state index contributed by atoms with van der Waals surface area (Å²) in [6, 6.07) is 16.3. The number of phenolic OH excluding ortho intramolecular Hbond substituents is 1. The standard InChI is InChI=1S/C31H34N4O3/c1-7-28-32-17-15-24(34-28)23-10-9-16-33-29(23)38-27-18-21(12-11-20(27)3)30(37)35(6)25-19-22(13-14-26(25)36)31(4,5)8-2/h9-19,36H,7-8H2,1-6H3. The van der Waals surface area contributed by atoms with E-state index in [1.807, 2.05) is 50.2 Å². The predicted molar refractivity (Wildman–Crippen MR) is 150 cm³/mol. The molecule has 0 unspecified atom stereocenters. The molecule has 0 atom stereocenters. The molecule has 0 saturated carbocycles. The number of pyridine rings is 1. The fraction of sp³-hybridized carbons (Fsp3) is 0.290. The summed E-state index contributed by atoms with van der Waals surface area (Å²) in [4.78, 5) is 28.3. The van der Waals surface area contributed by atoms with Crippen molar-refractivity contribution in [3.8, 4) is 28.6 Å². The average molecular weight is 511 g/mol. The van der Waals surface area contributed by atoms with Crippen LogP contribution in [0.4, 0.5) is 5.69 Å². The SMILES string of the molecule is CCc1nccc(-c2cccnc2Oc2cc(C(=O)N(C)c3cc(C(C)(C)CC)ccc3O)ccc2C)n1. The molecule has 4 rings (SSSR count). The summed E-state index contributed by atoms with van der Waals surface area (Å²) in [7, 11) is 1.66. The minimum atomic E-state index is -0.263. The van der Waals surface area contributed by atoms with Gasteiger partial charge in [-0.05, 0) is 72.4 Å². The number of amides is 1. The van der Waals surface area contributed by atoms with Gasteiger partial charge in [0.25, 0.3) is 5.91 Å². The third-order valence-electron chi connectivity index (χ3n) is 7.02. The summed E-state index contributed by atoms with van der Waals surface area (Å²) in [6.45, 7) is 10.3. The van der Waals surface area contributed by atoms with E-state index < -0.39 is 0 Å². The Hall–Kier alpha value is -4.26. The van der Waals surface area contributed by atoms with E-state index in [-0.39, 0.29) is 17.1 Å². The number of ether oxygens (including phenoxy) is 1. The normalized spacial score (nSPS) is 11.3. The van der Waals surface area contributed by atoms with Crippen LogP contribution in [0, 0.1) is 6.92 Å². The van der Waals surface area contributed by atoms with E-state index in [2.05, 4.69) is 35.7 Å². The van der Waals surface area contributed by atoms with Crippen LogP contribution in [-0.4, -0.2) is 33.0 Å². The molecule has 196 valence electrons. The summed E-state index contributed by atoms with van der Waals surface area (Å²) >= 11 is 0. The number of carbonyl (C=O) groups is 1. The molecule has 2 aromatic heterocycles. The van der Waals surface area contributed by atoms with Gasteiger partial charge in [-0.2, -0.15) is 0 Å². The molecule has 4 aromatic rings. The summed E-state index contributed by atoms with van der Waals surface area (Å²) in [5, 5.41) is 10.6. The number of rotatable bonds is 8. The van der Waals surface area contributed by atoms with Crippen LogP contribution in [0.1, 0.15) is 61.4 Å². The average Bonchev–Trinajstić information content (AvgIpc) is 2.94. The van der Waals surface area contributed by atoms with Gasteiger partial charge in [0.15, 0.2) is 0 Å². The lowest BCUT2D eigenvalue weighted by molar-refractivity contribution is 0.0992. The topological polar surface area (TPSA) is 88.4 Å². The van der Waals surface area contributed by atoms with Gasteiger partial charge >= 0.3 is 0 Å². The fourth-order valence-electron chi connectivity index (χ4n) is 4.05. The molecule has 0 radical (unpaired) electrons. The molecular weight excluding hydrogens is 476 g/mol. The number of aromatic nitrogens is 3. The number of hydrogen-bond acceptors (Lipinski definition) is 6. The molecule has 0 saturated heterocycles. The highest BCUT2D eigenvalue weighted by molar-refractivity contribution is 6.06. The Morgan fingerprint density at radius 2 is 1.82 bits per heavy atom. The molecule has 0 bridgehead atoms. The molecule has 7 nitrogen and oxygen atoms in total. The maximum absolute atomic E-state index is 13.5. The second kappa shape index (κ2) is 11.0. The van der Waals surface area contributed by atoms with E-state index in [4.69, 9.17) is 4.74 Å². The number of phenols is 1. The van der Waals surface area contributed by atoms with E-state index in [0.29, 0.717) is 22.9 Å². The predicted octanol–water partition coefficient (Wildman–Crippen LogP) is 6.87. The number of nitrogens with zero attached hydrogens (tertiary/aromatic N) is 4. The minimum absolute atomic E-state index is 0.0505. The maximum atomic E-state index is 13.5. The first-order valence-corrected chi connectivity index (χ1v) is 12.8. The molecule has 0 spiro atoms. The monoisotopic (exact) mass is 510 g/mol. The van der Waals surface area contributed by atoms with Gasteiger partial charge in [0.1, 0.15) is 17.3 Å². The van der Waals surface area contributed by atoms with Crippen LogP contribution in [0.25, 0.3) is 11.3 Å². The van der Waals surface area contributed by atoms with Crippen LogP contribution in [0.15, 0.2) is 67.0 Å². The third-order valence-corrected chi connectivity index (χ3v) is 7.02. The van der Waals surface area contributed by atoms with Crippen LogP contribution in [0.2, 0.25) is 0 Å². The van der Waals surface area contributed by atoms with E-state index in [9.17, 15) is 9.90 Å². The summed E-state index contributed by atoms with van der Waals surface area (Å²) in [5.74, 6) is 1.43. The highest BCUT2D eigenvalue weighted by Gasteiger charge is 2.23. The molecule has 1 amide bonds. The van der Waals surface area contributed by atoms with Crippen LogP contribution >= 0.6 is 0 Å². The first kappa shape index (κ1) is 26.8. The minimum Gasteiger partial charge on any atom is -0.506 e. The second-order valence-electron chi connectivity index (χ2n) is 9.96. The maximum Gasteiger partial charge on any atom is 0.258 e. The first-order chi connectivity index (χ1) is 18.1. The quantitative estimate of drug-likeness (QED) is 0.278. The molecule has 0 aliphatic heterocycles. The van der Waals surface area contributed by atoms with Gasteiger partial charge in [0.2, 0.25) is 5.88 Å². The number of aryl methyl sites for hydroxylation is 2. The Morgan fingerprint density at radius 1 is 1.03 bits per heavy atom. The van der Waals surface area contributed by atoms with Crippen LogP contribution in [-0.2, 0) is 11.8 Å². The van der Waals surface area contributed by atoms with Crippen molar-refractivity contribution in [1.29, 1.82) is 0 Å². The second-order valence-corrected chi connectivity index (χ2v) is 9.96. The van der Waals surface area contributed by atoms with Gasteiger partial charge in [-0.15, -0.1) is 0 Å². The van der Waals surface area contributed by atoms with Crippen LogP contribution in [0.5, 0.6) is 17.4 Å². The third kappa shape index (κ3) is 5.52. The molecule has 0 aliphatic carbocycles. The molecule has 0 fully saturated rings. The lowest BCUT2D eigenvalue weighted by Crippen LogP contribution is -2.27. The van der Waals surface area contributed by atoms with Crippen LogP contribution < -0.4 is 9.64 Å². The lowest BCUT2D eigenvalue weighted by atomic mass is 9.82. The van der Waals surface area contributed by atoms with E-state index in [1.54, 1.807) is 37.6 Å². The number of aromatic hydroxyl groups is 1. The smallest absolute Gasteiger partial charge is 0.258 e. The molecule has 2 aromatic carbocycles. The highest BCUT2D eigenvalue weighted by Crippen LogP contribution is 2.36. The van der Waals surface area contributed by atoms with Crippen molar-refractivity contribution in [1.82, 2.24) is 15.0 Å². The van der Waals surface area contributed by atoms with Crippen molar-refractivity contribution < 1.29 is 14.6 Å². The molecule has 1 N–H and O–H groups in total. The van der Waals surface area contributed by atoms with Crippen molar-refractivity contribution in [3.63, 3.8) is 0 Å². The molecule has 38 heavy (non-hydrogen) atoms. The molecule has 2 heterocycles. The fourth-order valence-corrected chi connectivity index (χ4v) is 4.05. The summed E-state index contributed by atoms with van der Waals surface area (Å²) in [5.41, 5.74) is 4.17. The molecular formula is C31H34N4O3. The van der Waals surface area contributed by atoms with E-state index >= 15 is 0 Å². The van der Waals surface area contributed by atoms with Gasteiger partial charge in [0.05, 0.1) is 16.9 Å². The number of benzene rings is 2. The van der Waals surface area contributed by atoms with Gasteiger partial charge in [0, 0.05) is 31.4 Å². The largest absolute Gasteiger partial charge is 0.506 e. The van der Waals surface area contributed by atoms with Gasteiger partial charge in [-0.3, -0.25) is 4.79 Å². The van der Waals surface area contributed by atoms with Crippen molar-refractivity contribution in [2.75, 3.05) is 11.9 Å². The molecule has 0 aliphatic rings. The Balaban J connectivity index is 1.66. The summed E-state index contributed by atoms with van der Waals surface area (Å²) < 4.78 is 6.25. The highest BCUT2D eigenvalue weighted by atomic mass is 16.5. The first-order valence-electron chi connectivity index (χ1n) is 12.8. The van der Waals surface area contributed by atoms with E-state index in [1.165, 1.54) is 4.90 Å². The summed E-state index contributed by atoms with van der Waals surface area (Å²) in [6.07, 6.45) is 5.03. The zero-order valence-corrected chi connectivity index (χ0v) is 22.8. The van der Waals surface area contributed by atoms with Gasteiger partial charge in [-0.25, -0.2) is 15.0 Å². The van der Waals surface area contributed by atoms with Crippen LogP contribution in [0.3, 0.4) is 0 Å². The Morgan fingerprint density at radius 3 is 2.55 bits per heavy atom. The Labute approximate surface area is 224 Å². The Kier molecular flexibility index (Phi) is 7.76. The lowest BCUT2D eigenvalue weighted by Gasteiger charge is -2.26. The van der Waals surface area contributed by atoms with Crippen molar-refractivity contribution in [2.24, 2.45) is 0 Å². The van der Waals surface area contributed by atoms with Gasteiger partial charge < -0.3 is 14.7 Å². The zero-order valence-electron chi connectivity index (χ0n) is 22.8. The Bertz CT molecular complexity index is 1470. The van der Waals surface area contributed by atoms with E-state index in [0.717, 1.165) is 41.1 Å².